The molecule has 186 valence electrons. The molecule has 0 saturated heterocycles. The zero-order chi connectivity index (χ0) is 43.4. The van der Waals surface area contributed by atoms with E-state index in [9.17, 15) is 6.85 Å². The number of rotatable bonds is 5. The van der Waals surface area contributed by atoms with E-state index >= 15 is 0 Å². The summed E-state index contributed by atoms with van der Waals surface area (Å²) >= 11 is 0. The lowest BCUT2D eigenvalue weighted by Crippen LogP contribution is -2.21. The first-order valence-electron chi connectivity index (χ1n) is 21.9. The summed E-state index contributed by atoms with van der Waals surface area (Å²) in [6.07, 6.45) is -1.74. The van der Waals surface area contributed by atoms with E-state index in [1.54, 1.807) is 0 Å². The molecule has 39 heavy (non-hydrogen) atoms. The molecule has 0 aromatic heterocycles. The van der Waals surface area contributed by atoms with Gasteiger partial charge in [0.25, 0.3) is 0 Å². The zero-order valence-corrected chi connectivity index (χ0v) is 20.0. The van der Waals surface area contributed by atoms with Crippen molar-refractivity contribution in [3.63, 3.8) is 0 Å². The van der Waals surface area contributed by atoms with Crippen LogP contribution in [0.15, 0.2) is 134 Å². The van der Waals surface area contributed by atoms with E-state index in [1.807, 2.05) is 0 Å². The first kappa shape index (κ1) is 10.4. The summed E-state index contributed by atoms with van der Waals surface area (Å²) in [5.41, 5.74) is -3.20. The Morgan fingerprint density at radius 2 is 1.41 bits per heavy atom. The lowest BCUT2D eigenvalue weighted by atomic mass is 9.74. The maximum atomic E-state index is 9.93. The third kappa shape index (κ3) is 3.70. The molecule has 0 N–H and O–H groups in total. The molecule has 1 aliphatic carbocycles. The fourth-order valence-corrected chi connectivity index (χ4v) is 5.08. The number of allylic oxidation sites excluding steroid dienone is 2. The van der Waals surface area contributed by atoms with Crippen LogP contribution in [0.5, 0.6) is 5.75 Å². The molecule has 5 aromatic carbocycles. The third-order valence-electron chi connectivity index (χ3n) is 6.65. The molecule has 1 aliphatic heterocycles. The predicted molar refractivity (Wildman–Crippen MR) is 166 cm³/mol. The van der Waals surface area contributed by atoms with Crippen LogP contribution >= 0.6 is 0 Å². The summed E-state index contributed by atoms with van der Waals surface area (Å²) in [6, 6.07) is -7.14. The minimum atomic E-state index is -1.74. The van der Waals surface area contributed by atoms with Crippen molar-refractivity contribution in [3.05, 3.63) is 162 Å². The molecule has 2 aliphatic rings. The summed E-state index contributed by atoms with van der Waals surface area (Å²) < 4.78 is 182. The molecule has 1 heterocycles. The zero-order valence-electron chi connectivity index (χ0n) is 40.0. The average molecular weight is 521 g/mol. The second-order valence-electron chi connectivity index (χ2n) is 8.64. The van der Waals surface area contributed by atoms with Crippen LogP contribution in [0.2, 0.25) is 0 Å². The van der Waals surface area contributed by atoms with Crippen molar-refractivity contribution >= 4 is 34.0 Å². The average Bonchev–Trinajstić information content (AvgIpc) is 3.63. The van der Waals surface area contributed by atoms with Crippen molar-refractivity contribution in [1.29, 1.82) is 0 Å². The molecule has 0 fully saturated rings. The molecule has 0 spiro atoms. The number of benzene rings is 5. The van der Waals surface area contributed by atoms with Gasteiger partial charge in [0.2, 0.25) is 0 Å². The van der Waals surface area contributed by atoms with Crippen LogP contribution in [-0.4, -0.2) is 6.10 Å². The highest BCUT2D eigenvalue weighted by molar-refractivity contribution is 6.11. The Labute approximate surface area is 257 Å². The summed E-state index contributed by atoms with van der Waals surface area (Å²) in [5.74, 6) is -2.10. The van der Waals surface area contributed by atoms with E-state index in [0.29, 0.717) is 13.1 Å². The number of fused-ring (bicyclic) bond motifs is 4. The van der Waals surface area contributed by atoms with Crippen molar-refractivity contribution < 1.29 is 32.2 Å². The van der Waals surface area contributed by atoms with Gasteiger partial charge in [-0.05, 0) is 73.4 Å². The lowest BCUT2D eigenvalue weighted by Gasteiger charge is -2.29. The second-order valence-corrected chi connectivity index (χ2v) is 8.64. The van der Waals surface area contributed by atoms with Gasteiger partial charge in [0.15, 0.2) is 0 Å². The van der Waals surface area contributed by atoms with Crippen LogP contribution in [0, 0.1) is 0 Å². The fourth-order valence-electron chi connectivity index (χ4n) is 5.08. The Morgan fingerprint density at radius 1 is 0.744 bits per heavy atom. The van der Waals surface area contributed by atoms with Crippen molar-refractivity contribution in [3.8, 4) is 16.9 Å². The summed E-state index contributed by atoms with van der Waals surface area (Å²) in [7, 11) is 0. The van der Waals surface area contributed by atoms with E-state index < -0.39 is 154 Å². The molecule has 5 aromatic rings. The number of hydrogen-bond acceptors (Lipinski definition) is 1. The molecular formula is C38H28O. The molecule has 0 radical (unpaired) electrons. The van der Waals surface area contributed by atoms with Gasteiger partial charge in [-0.15, -0.1) is 0 Å². The molecule has 0 bridgehead atoms. The molecule has 2 atom stereocenters. The molecule has 0 saturated carbocycles. The Morgan fingerprint density at radius 3 is 2.18 bits per heavy atom. The first-order chi connectivity index (χ1) is 27.7. The molecule has 0 amide bonds. The molecule has 7 rings (SSSR count). The van der Waals surface area contributed by atoms with Crippen molar-refractivity contribution in [2.75, 3.05) is 0 Å². The van der Waals surface area contributed by atoms with Crippen LogP contribution in [0.25, 0.3) is 45.1 Å². The van der Waals surface area contributed by atoms with Crippen LogP contribution in [-0.2, 0) is 0 Å². The van der Waals surface area contributed by atoms with Gasteiger partial charge in [0, 0.05) is 5.56 Å². The largest absolute Gasteiger partial charge is 0.485 e. The van der Waals surface area contributed by atoms with Gasteiger partial charge in [0.1, 0.15) is 11.9 Å². The second kappa shape index (κ2) is 9.45. The lowest BCUT2D eigenvalue weighted by molar-refractivity contribution is 0.272. The van der Waals surface area contributed by atoms with E-state index in [1.165, 1.54) is 24.3 Å². The quantitative estimate of drug-likeness (QED) is 0.224. The Kier molecular flexibility index (Phi) is 2.51. The highest BCUT2D eigenvalue weighted by atomic mass is 16.5. The van der Waals surface area contributed by atoms with E-state index in [2.05, 4.69) is 0 Å². The summed E-state index contributed by atoms with van der Waals surface area (Å²) in [6.45, 7) is 1.13. The van der Waals surface area contributed by atoms with Crippen LogP contribution in [0.1, 0.15) is 61.2 Å². The number of hydrogen-bond donors (Lipinski definition) is 0. The van der Waals surface area contributed by atoms with Crippen molar-refractivity contribution in [2.24, 2.45) is 0 Å². The van der Waals surface area contributed by atoms with E-state index in [0.717, 1.165) is 0 Å². The topological polar surface area (TPSA) is 9.23 Å². The Hall–Kier alpha value is -4.88. The number of para-hydroxylation sites is 1. The monoisotopic (exact) mass is 520 g/mol. The SMILES string of the molecule is [2H]C=C([2H])c1c(C([2H])=C[2H])c(-c2ccc([2H])cc2)c2c([2H])c([2H])c([2H])c([2H])c2c1C1=C([2H])C(c2c([2H])c([2H])c([2H])c([2H])c2[2H])=C([2H])C2Oc3c([2H])c([2H])c([2H])c([2H])c3C12. The minimum absolute atomic E-state index is 0.0487. The normalized spacial score (nSPS) is 26.3. The summed E-state index contributed by atoms with van der Waals surface area (Å²) in [4.78, 5) is 0. The highest BCUT2D eigenvalue weighted by Crippen LogP contribution is 2.53. The van der Waals surface area contributed by atoms with Crippen LogP contribution < -0.4 is 4.74 Å². The molecule has 1 heteroatoms. The third-order valence-corrected chi connectivity index (χ3v) is 6.65. The number of ether oxygens (including phenoxy) is 1. The van der Waals surface area contributed by atoms with Crippen molar-refractivity contribution in [1.82, 2.24) is 0 Å². The maximum absolute atomic E-state index is 9.93. The van der Waals surface area contributed by atoms with Gasteiger partial charge in [-0.25, -0.2) is 0 Å². The van der Waals surface area contributed by atoms with Gasteiger partial charge in [-0.2, -0.15) is 0 Å². The van der Waals surface area contributed by atoms with Crippen molar-refractivity contribution in [2.45, 2.75) is 12.0 Å². The Balaban J connectivity index is 1.85. The van der Waals surface area contributed by atoms with Crippen LogP contribution in [0.4, 0.5) is 0 Å². The molecular weight excluding hydrogens is 472 g/mol. The predicted octanol–water partition coefficient (Wildman–Crippen LogP) is 9.82. The van der Waals surface area contributed by atoms with Gasteiger partial charge in [-0.3, -0.25) is 0 Å². The van der Waals surface area contributed by atoms with E-state index in [-0.39, 0.29) is 33.7 Å². The van der Waals surface area contributed by atoms with Gasteiger partial charge in [-0.1, -0.05) is 128 Å². The maximum Gasteiger partial charge on any atom is 0.129 e. The minimum Gasteiger partial charge on any atom is -0.485 e. The molecule has 1 nitrogen and oxygen atoms in total. The Bertz CT molecular complexity index is 2830. The van der Waals surface area contributed by atoms with Gasteiger partial charge >= 0.3 is 0 Å². The van der Waals surface area contributed by atoms with E-state index in [4.69, 9.17) is 25.3 Å². The van der Waals surface area contributed by atoms with Crippen LogP contribution in [0.3, 0.4) is 0 Å². The van der Waals surface area contributed by atoms with Gasteiger partial charge in [0.05, 0.1) is 33.3 Å². The van der Waals surface area contributed by atoms with Gasteiger partial charge < -0.3 is 4.74 Å². The highest BCUT2D eigenvalue weighted by Gasteiger charge is 2.40. The molecule has 2 unspecified atom stereocenters. The fraction of sp³-hybridized carbons (Fsp3) is 0.0526. The smallest absolute Gasteiger partial charge is 0.129 e. The first-order valence-corrected chi connectivity index (χ1v) is 11.8. The standard InChI is InChI=1S/C38H28O/c1-3-28-29(4-2)37(31-20-12-11-19-30(31)36(28)26-17-9-6-10-18-26)33-23-27(25-15-7-5-8-16-25)24-35-38(33)32-21-13-14-22-34(32)39-35/h3-24,35,38H,1-2H2/i1D,2D,3D,4D,5D,6D,7D,8D,11D,12D,13D,14D,15D,16D,19D,20D,21D,22D,23D,24D. The summed E-state index contributed by atoms with van der Waals surface area (Å²) in [5, 5.41) is -0.714.